The van der Waals surface area contributed by atoms with Gasteiger partial charge in [-0.25, -0.2) is 28.3 Å². The van der Waals surface area contributed by atoms with E-state index in [9.17, 15) is 18.4 Å². The molecule has 11 heteroatoms. The summed E-state index contributed by atoms with van der Waals surface area (Å²) in [5, 5.41) is 3.61. The summed E-state index contributed by atoms with van der Waals surface area (Å²) in [7, 11) is 1.29. The number of hydrogen-bond donors (Lipinski definition) is 1. The average Bonchev–Trinajstić information content (AvgIpc) is 3.30. The standard InChI is InChI=1S/C25H26F2N4O4S/c1-24(2,3)35-23(33)20(25(10-15(26)11-25)19-16(27)6-5-9-28-19)31-18-8-7-14(12-29-18)21-30-13-17(36-21)22(32)34-4/h5-9,12-13,15,20H,10-11H2,1-4H3,(H,29,31). The number of halogens is 2. The Morgan fingerprint density at radius 3 is 2.50 bits per heavy atom. The highest BCUT2D eigenvalue weighted by atomic mass is 32.1. The Morgan fingerprint density at radius 1 is 1.17 bits per heavy atom. The molecule has 1 saturated carbocycles. The summed E-state index contributed by atoms with van der Waals surface area (Å²) in [6.07, 6.45) is 2.98. The van der Waals surface area contributed by atoms with Crippen molar-refractivity contribution < 1.29 is 27.8 Å². The zero-order valence-corrected chi connectivity index (χ0v) is 21.1. The smallest absolute Gasteiger partial charge is 0.349 e. The molecule has 0 aliphatic heterocycles. The van der Waals surface area contributed by atoms with E-state index in [0.29, 0.717) is 21.3 Å². The fraction of sp³-hybridized carbons (Fsp3) is 0.400. The number of carbonyl (C=O) groups is 2. The predicted molar refractivity (Wildman–Crippen MR) is 130 cm³/mol. The number of pyridine rings is 2. The van der Waals surface area contributed by atoms with Crippen LogP contribution in [0, 0.1) is 5.82 Å². The van der Waals surface area contributed by atoms with Gasteiger partial charge in [0.2, 0.25) is 0 Å². The van der Waals surface area contributed by atoms with Crippen LogP contribution in [0.15, 0.2) is 42.9 Å². The van der Waals surface area contributed by atoms with Crippen LogP contribution in [0.25, 0.3) is 10.6 Å². The zero-order chi connectivity index (χ0) is 26.1. The lowest BCUT2D eigenvalue weighted by atomic mass is 9.60. The number of methoxy groups -OCH3 is 1. The second kappa shape index (κ2) is 9.88. The van der Waals surface area contributed by atoms with Gasteiger partial charge < -0.3 is 14.8 Å². The first-order valence-electron chi connectivity index (χ1n) is 11.3. The molecule has 0 aromatic carbocycles. The average molecular weight is 517 g/mol. The Balaban J connectivity index is 1.66. The van der Waals surface area contributed by atoms with Crippen LogP contribution in [0.5, 0.6) is 0 Å². The van der Waals surface area contributed by atoms with Crippen molar-refractivity contribution in [3.05, 3.63) is 59.2 Å². The van der Waals surface area contributed by atoms with Crippen LogP contribution < -0.4 is 5.32 Å². The molecule has 36 heavy (non-hydrogen) atoms. The van der Waals surface area contributed by atoms with Crippen molar-refractivity contribution in [3.63, 3.8) is 0 Å². The van der Waals surface area contributed by atoms with Gasteiger partial charge in [-0.2, -0.15) is 0 Å². The van der Waals surface area contributed by atoms with Gasteiger partial charge in [0.15, 0.2) is 0 Å². The Morgan fingerprint density at radius 2 is 1.92 bits per heavy atom. The molecule has 0 spiro atoms. The molecule has 1 fully saturated rings. The SMILES string of the molecule is COC(=O)c1cnc(-c2ccc(NC(C(=O)OC(C)(C)C)C3(c4ncccc4F)CC(F)C3)nc2)s1. The van der Waals surface area contributed by atoms with Crippen molar-refractivity contribution in [2.24, 2.45) is 0 Å². The van der Waals surface area contributed by atoms with Crippen LogP contribution in [0.1, 0.15) is 49.0 Å². The molecule has 0 saturated heterocycles. The minimum atomic E-state index is -1.25. The lowest BCUT2D eigenvalue weighted by molar-refractivity contribution is -0.159. The zero-order valence-electron chi connectivity index (χ0n) is 20.2. The molecule has 3 aromatic rings. The van der Waals surface area contributed by atoms with E-state index in [1.807, 2.05) is 0 Å². The van der Waals surface area contributed by atoms with Crippen molar-refractivity contribution in [2.75, 3.05) is 12.4 Å². The number of hydrogen-bond acceptors (Lipinski definition) is 9. The van der Waals surface area contributed by atoms with E-state index in [1.165, 1.54) is 37.8 Å². The van der Waals surface area contributed by atoms with Crippen LogP contribution in [-0.2, 0) is 19.7 Å². The summed E-state index contributed by atoms with van der Waals surface area (Å²) in [6.45, 7) is 5.16. The molecular formula is C25H26F2N4O4S. The van der Waals surface area contributed by atoms with Crippen molar-refractivity contribution in [1.82, 2.24) is 15.0 Å². The van der Waals surface area contributed by atoms with Crippen molar-refractivity contribution in [2.45, 2.75) is 56.8 Å². The van der Waals surface area contributed by atoms with Crippen LogP contribution in [0.3, 0.4) is 0 Å². The van der Waals surface area contributed by atoms with Crippen LogP contribution in [0.4, 0.5) is 14.6 Å². The topological polar surface area (TPSA) is 103 Å². The summed E-state index contributed by atoms with van der Waals surface area (Å²) < 4.78 is 39.4. The van der Waals surface area contributed by atoms with Gasteiger partial charge in [0.05, 0.1) is 24.4 Å². The molecule has 3 heterocycles. The largest absolute Gasteiger partial charge is 0.465 e. The maximum absolute atomic E-state index is 14.8. The van der Waals surface area contributed by atoms with Crippen molar-refractivity contribution >= 4 is 29.1 Å². The van der Waals surface area contributed by atoms with E-state index < -0.39 is 41.0 Å². The molecule has 0 amide bonds. The van der Waals surface area contributed by atoms with E-state index in [2.05, 4.69) is 20.3 Å². The van der Waals surface area contributed by atoms with E-state index in [1.54, 1.807) is 32.9 Å². The second-order valence-corrected chi connectivity index (χ2v) is 10.6. The first-order chi connectivity index (χ1) is 17.0. The number of alkyl halides is 1. The van der Waals surface area contributed by atoms with E-state index in [4.69, 9.17) is 9.47 Å². The number of nitrogens with zero attached hydrogens (tertiary/aromatic N) is 3. The van der Waals surface area contributed by atoms with Crippen molar-refractivity contribution in [1.29, 1.82) is 0 Å². The normalized spacial score (nSPS) is 20.2. The molecule has 0 radical (unpaired) electrons. The molecule has 4 rings (SSSR count). The van der Waals surface area contributed by atoms with Crippen molar-refractivity contribution in [3.8, 4) is 10.6 Å². The summed E-state index contributed by atoms with van der Waals surface area (Å²) in [5.41, 5.74) is -1.42. The third-order valence-corrected chi connectivity index (χ3v) is 6.82. The number of thiazole rings is 1. The van der Waals surface area contributed by atoms with Crippen LogP contribution in [0.2, 0.25) is 0 Å². The van der Waals surface area contributed by atoms with Gasteiger partial charge in [0, 0.05) is 18.0 Å². The highest BCUT2D eigenvalue weighted by molar-refractivity contribution is 7.16. The molecule has 190 valence electrons. The quantitative estimate of drug-likeness (QED) is 0.450. The number of esters is 2. The van der Waals surface area contributed by atoms with E-state index in [0.717, 1.165) is 11.3 Å². The lowest BCUT2D eigenvalue weighted by Gasteiger charge is -2.48. The minimum absolute atomic E-state index is 0.0111. The molecule has 3 aromatic heterocycles. The summed E-state index contributed by atoms with van der Waals surface area (Å²) >= 11 is 1.15. The van der Waals surface area contributed by atoms with Gasteiger partial charge in [0.25, 0.3) is 0 Å². The number of aromatic nitrogens is 3. The fourth-order valence-electron chi connectivity index (χ4n) is 4.19. The van der Waals surface area contributed by atoms with Gasteiger partial charge >= 0.3 is 11.9 Å². The molecule has 1 atom stereocenters. The first-order valence-corrected chi connectivity index (χ1v) is 12.1. The number of ether oxygens (including phenoxy) is 2. The van der Waals surface area contributed by atoms with Crippen LogP contribution >= 0.6 is 11.3 Å². The van der Waals surface area contributed by atoms with E-state index >= 15 is 0 Å². The van der Waals surface area contributed by atoms with Gasteiger partial charge in [0.1, 0.15) is 39.3 Å². The third-order valence-electron chi connectivity index (χ3n) is 5.79. The summed E-state index contributed by atoms with van der Waals surface area (Å²) in [6, 6.07) is 4.88. The highest BCUT2D eigenvalue weighted by Gasteiger charge is 2.57. The molecule has 1 aliphatic carbocycles. The predicted octanol–water partition coefficient (Wildman–Crippen LogP) is 4.72. The second-order valence-electron chi connectivity index (χ2n) is 9.56. The maximum atomic E-state index is 14.8. The Hall–Kier alpha value is -3.47. The monoisotopic (exact) mass is 516 g/mol. The number of nitrogens with one attached hydrogen (secondary N) is 1. The highest BCUT2D eigenvalue weighted by Crippen LogP contribution is 2.49. The summed E-state index contributed by atoms with van der Waals surface area (Å²) in [4.78, 5) is 38.2. The molecule has 0 bridgehead atoms. The third kappa shape index (κ3) is 5.20. The summed E-state index contributed by atoms with van der Waals surface area (Å²) in [5.74, 6) is -1.46. The minimum Gasteiger partial charge on any atom is -0.465 e. The maximum Gasteiger partial charge on any atom is 0.349 e. The van der Waals surface area contributed by atoms with Gasteiger partial charge in [-0.15, -0.1) is 11.3 Å². The van der Waals surface area contributed by atoms with E-state index in [-0.39, 0.29) is 18.5 Å². The number of carbonyl (C=O) groups excluding carboxylic acids is 2. The van der Waals surface area contributed by atoms with Gasteiger partial charge in [-0.05, 0) is 57.9 Å². The Bertz CT molecular complexity index is 1250. The molecule has 1 N–H and O–H groups in total. The first kappa shape index (κ1) is 25.6. The fourth-order valence-corrected chi connectivity index (χ4v) is 5.01. The number of anilines is 1. The van der Waals surface area contributed by atoms with Crippen LogP contribution in [-0.4, -0.2) is 51.8 Å². The molecule has 8 nitrogen and oxygen atoms in total. The van der Waals surface area contributed by atoms with Gasteiger partial charge in [-0.1, -0.05) is 0 Å². The molecule has 1 aliphatic rings. The Labute approximate surface area is 211 Å². The lowest BCUT2D eigenvalue weighted by Crippen LogP contribution is -2.59. The molecular weight excluding hydrogens is 490 g/mol. The number of rotatable bonds is 7. The Kier molecular flexibility index (Phi) is 7.03. The molecule has 1 unspecified atom stereocenters. The van der Waals surface area contributed by atoms with Gasteiger partial charge in [-0.3, -0.25) is 4.98 Å².